The topological polar surface area (TPSA) is 111 Å². The van der Waals surface area contributed by atoms with E-state index < -0.39 is 10.0 Å². The Bertz CT molecular complexity index is 1170. The van der Waals surface area contributed by atoms with Crippen LogP contribution in [0.25, 0.3) is 0 Å². The van der Waals surface area contributed by atoms with Crippen molar-refractivity contribution in [1.82, 2.24) is 15.2 Å². The quantitative estimate of drug-likeness (QED) is 0.509. The smallest absolute Gasteiger partial charge is 0.251 e. The summed E-state index contributed by atoms with van der Waals surface area (Å²) >= 11 is 0. The van der Waals surface area contributed by atoms with Crippen LogP contribution in [0.3, 0.4) is 0 Å². The van der Waals surface area contributed by atoms with Crippen LogP contribution in [-0.4, -0.2) is 25.5 Å². The molecular formula is C23H27N3O5S. The third kappa shape index (κ3) is 5.95. The molecule has 2 aromatic carbocycles. The highest BCUT2D eigenvalue weighted by molar-refractivity contribution is 7.89. The number of aryl methyl sites for hydroxylation is 2. The maximum atomic E-state index is 12.5. The highest BCUT2D eigenvalue weighted by Crippen LogP contribution is 2.18. The van der Waals surface area contributed by atoms with Crippen molar-refractivity contribution in [2.75, 3.05) is 0 Å². The van der Waals surface area contributed by atoms with E-state index in [1.807, 2.05) is 13.8 Å². The van der Waals surface area contributed by atoms with Gasteiger partial charge in [0.1, 0.15) is 18.1 Å². The molecule has 3 aromatic rings. The molecule has 0 atom stereocenters. The lowest BCUT2D eigenvalue weighted by Gasteiger charge is -2.11. The number of rotatable bonds is 9. The number of hydrogen-bond acceptors (Lipinski definition) is 6. The molecule has 3 rings (SSSR count). The van der Waals surface area contributed by atoms with Gasteiger partial charge in [-0.15, -0.1) is 0 Å². The molecule has 0 unspecified atom stereocenters. The average molecular weight is 458 g/mol. The summed E-state index contributed by atoms with van der Waals surface area (Å²) in [7, 11) is -3.59. The molecular weight excluding hydrogens is 430 g/mol. The Hall–Kier alpha value is -3.17. The number of carbonyl (C=O) groups is 1. The Labute approximate surface area is 188 Å². The van der Waals surface area contributed by atoms with Crippen LogP contribution in [0.4, 0.5) is 0 Å². The second kappa shape index (κ2) is 9.97. The highest BCUT2D eigenvalue weighted by atomic mass is 32.2. The van der Waals surface area contributed by atoms with Crippen LogP contribution in [-0.2, 0) is 23.2 Å². The first-order chi connectivity index (χ1) is 15.2. The molecule has 32 heavy (non-hydrogen) atoms. The zero-order valence-corrected chi connectivity index (χ0v) is 19.3. The average Bonchev–Trinajstić information content (AvgIpc) is 3.07. The van der Waals surface area contributed by atoms with Crippen molar-refractivity contribution in [1.29, 1.82) is 0 Å². The fourth-order valence-electron chi connectivity index (χ4n) is 3.05. The number of sulfonamides is 1. The molecule has 9 heteroatoms. The van der Waals surface area contributed by atoms with Crippen molar-refractivity contribution in [2.24, 2.45) is 0 Å². The molecule has 0 saturated heterocycles. The Morgan fingerprint density at radius 3 is 2.47 bits per heavy atom. The van der Waals surface area contributed by atoms with Gasteiger partial charge < -0.3 is 14.6 Å². The number of ether oxygens (including phenoxy) is 1. The molecule has 8 nitrogen and oxygen atoms in total. The summed E-state index contributed by atoms with van der Waals surface area (Å²) in [6, 6.07) is 13.1. The van der Waals surface area contributed by atoms with E-state index >= 15 is 0 Å². The van der Waals surface area contributed by atoms with E-state index in [1.165, 1.54) is 6.07 Å². The van der Waals surface area contributed by atoms with Gasteiger partial charge in [-0.3, -0.25) is 4.79 Å². The van der Waals surface area contributed by atoms with E-state index in [-0.39, 0.29) is 23.4 Å². The van der Waals surface area contributed by atoms with E-state index in [0.717, 1.165) is 17.0 Å². The van der Waals surface area contributed by atoms with E-state index in [4.69, 9.17) is 9.26 Å². The molecule has 2 N–H and O–H groups in total. The summed E-state index contributed by atoms with van der Waals surface area (Å²) < 4.78 is 38.1. The third-order valence-electron chi connectivity index (χ3n) is 4.73. The van der Waals surface area contributed by atoms with Crippen molar-refractivity contribution in [2.45, 2.75) is 51.8 Å². The first kappa shape index (κ1) is 23.5. The molecule has 0 bridgehead atoms. The fraction of sp³-hybridized carbons (Fsp3) is 0.304. The summed E-state index contributed by atoms with van der Waals surface area (Å²) in [5, 5.41) is 6.71. The maximum absolute atomic E-state index is 12.5. The van der Waals surface area contributed by atoms with Gasteiger partial charge in [-0.2, -0.15) is 0 Å². The minimum absolute atomic E-state index is 0.165. The number of carbonyl (C=O) groups excluding carboxylic acids is 1. The predicted octanol–water partition coefficient (Wildman–Crippen LogP) is 3.49. The summed E-state index contributed by atoms with van der Waals surface area (Å²) in [6.07, 6.45) is 0. The molecule has 0 radical (unpaired) electrons. The molecule has 1 aromatic heterocycles. The van der Waals surface area contributed by atoms with Crippen LogP contribution < -0.4 is 14.8 Å². The Morgan fingerprint density at radius 1 is 1.12 bits per heavy atom. The van der Waals surface area contributed by atoms with Crippen molar-refractivity contribution in [3.05, 3.63) is 76.7 Å². The van der Waals surface area contributed by atoms with Gasteiger partial charge >= 0.3 is 0 Å². The first-order valence-corrected chi connectivity index (χ1v) is 11.7. The number of aromatic nitrogens is 1. The van der Waals surface area contributed by atoms with Gasteiger partial charge in [0.05, 0.1) is 16.2 Å². The summed E-state index contributed by atoms with van der Waals surface area (Å²) in [5.74, 6) is 1.07. The largest absolute Gasteiger partial charge is 0.489 e. The van der Waals surface area contributed by atoms with Crippen LogP contribution in [0.1, 0.15) is 46.8 Å². The molecule has 0 fully saturated rings. The SMILES string of the molecule is Cc1noc(C)c1COc1ccc(C(=O)NCc2cccc(S(=O)(=O)NC(C)C)c2)cc1. The lowest BCUT2D eigenvalue weighted by molar-refractivity contribution is 0.0951. The van der Waals surface area contributed by atoms with E-state index in [2.05, 4.69) is 15.2 Å². The van der Waals surface area contributed by atoms with Crippen molar-refractivity contribution in [3.8, 4) is 5.75 Å². The molecule has 0 aliphatic heterocycles. The van der Waals surface area contributed by atoms with Gasteiger partial charge in [0.15, 0.2) is 0 Å². The van der Waals surface area contributed by atoms with Crippen molar-refractivity contribution < 1.29 is 22.5 Å². The van der Waals surface area contributed by atoms with Crippen molar-refractivity contribution >= 4 is 15.9 Å². The zero-order valence-electron chi connectivity index (χ0n) is 18.5. The highest BCUT2D eigenvalue weighted by Gasteiger charge is 2.16. The zero-order chi connectivity index (χ0) is 23.3. The van der Waals surface area contributed by atoms with Crippen molar-refractivity contribution in [3.63, 3.8) is 0 Å². The standard InChI is InChI=1S/C23H27N3O5S/c1-15(2)26-32(28,29)21-7-5-6-18(12-21)13-24-23(27)19-8-10-20(11-9-19)30-14-22-16(3)25-31-17(22)4/h5-12,15,26H,13-14H2,1-4H3,(H,24,27). The summed E-state index contributed by atoms with van der Waals surface area (Å²) in [6.45, 7) is 7.74. The first-order valence-electron chi connectivity index (χ1n) is 10.2. The van der Waals surface area contributed by atoms with E-state index in [9.17, 15) is 13.2 Å². The Kier molecular flexibility index (Phi) is 7.32. The molecule has 0 aliphatic rings. The van der Waals surface area contributed by atoms with Gasteiger partial charge in [0.2, 0.25) is 10.0 Å². The lowest BCUT2D eigenvalue weighted by atomic mass is 10.2. The molecule has 1 heterocycles. The van der Waals surface area contributed by atoms with Crippen LogP contribution >= 0.6 is 0 Å². The number of nitrogens with one attached hydrogen (secondary N) is 2. The van der Waals surface area contributed by atoms with Crippen LogP contribution in [0.2, 0.25) is 0 Å². The van der Waals surface area contributed by atoms with E-state index in [1.54, 1.807) is 56.3 Å². The fourth-order valence-corrected chi connectivity index (χ4v) is 4.37. The Morgan fingerprint density at radius 2 is 1.84 bits per heavy atom. The van der Waals surface area contributed by atoms with Gasteiger partial charge in [-0.25, -0.2) is 13.1 Å². The van der Waals surface area contributed by atoms with Gasteiger partial charge in [-0.05, 0) is 69.7 Å². The lowest BCUT2D eigenvalue weighted by Crippen LogP contribution is -2.30. The third-order valence-corrected chi connectivity index (χ3v) is 6.39. The number of nitrogens with zero attached hydrogens (tertiary/aromatic N) is 1. The number of amides is 1. The van der Waals surface area contributed by atoms with Gasteiger partial charge in [-0.1, -0.05) is 17.3 Å². The predicted molar refractivity (Wildman–Crippen MR) is 120 cm³/mol. The summed E-state index contributed by atoms with van der Waals surface area (Å²) in [4.78, 5) is 12.7. The number of benzene rings is 2. The minimum atomic E-state index is -3.59. The van der Waals surface area contributed by atoms with Crippen LogP contribution in [0.15, 0.2) is 57.9 Å². The normalized spacial score (nSPS) is 11.5. The van der Waals surface area contributed by atoms with Crippen LogP contribution in [0.5, 0.6) is 5.75 Å². The van der Waals surface area contributed by atoms with Gasteiger partial charge in [0.25, 0.3) is 5.91 Å². The van der Waals surface area contributed by atoms with E-state index in [0.29, 0.717) is 23.5 Å². The molecule has 0 saturated carbocycles. The molecule has 0 spiro atoms. The second-order valence-corrected chi connectivity index (χ2v) is 9.44. The van der Waals surface area contributed by atoms with Crippen LogP contribution in [0, 0.1) is 13.8 Å². The Balaban J connectivity index is 1.58. The molecule has 1 amide bonds. The molecule has 0 aliphatic carbocycles. The maximum Gasteiger partial charge on any atom is 0.251 e. The number of hydrogen-bond donors (Lipinski definition) is 2. The second-order valence-electron chi connectivity index (χ2n) is 7.72. The minimum Gasteiger partial charge on any atom is -0.489 e. The molecule has 170 valence electrons. The van der Waals surface area contributed by atoms with Gasteiger partial charge in [0, 0.05) is 18.2 Å². The monoisotopic (exact) mass is 457 g/mol. The summed E-state index contributed by atoms with van der Waals surface area (Å²) in [5.41, 5.74) is 2.85.